The summed E-state index contributed by atoms with van der Waals surface area (Å²) in [6, 6.07) is 13.3. The molecule has 2 aromatic carbocycles. The van der Waals surface area contributed by atoms with Gasteiger partial charge in [0.15, 0.2) is 0 Å². The molecule has 5 nitrogen and oxygen atoms in total. The number of amides is 1. The lowest BCUT2D eigenvalue weighted by atomic mass is 10.0. The van der Waals surface area contributed by atoms with Crippen molar-refractivity contribution in [2.45, 2.75) is 0 Å². The number of nitrogens with one attached hydrogen (secondary N) is 2. The number of aldehydes is 1. The van der Waals surface area contributed by atoms with E-state index in [1.807, 2.05) is 30.3 Å². The average molecular weight is 323 g/mol. The molecule has 0 unspecified atom stereocenters. The first-order chi connectivity index (χ1) is 11.1. The molecular weight excluding hydrogens is 310 g/mol. The van der Waals surface area contributed by atoms with Crippen LogP contribution in [-0.2, 0) is 9.59 Å². The van der Waals surface area contributed by atoms with Gasteiger partial charge >= 0.3 is 0 Å². The van der Waals surface area contributed by atoms with Crippen LogP contribution in [0.5, 0.6) is 0 Å². The standard InChI is InChI=1S/C17H13N3O2S/c18-8-11-5-12(20-16(22)9-21)7-13(17(11)19)15-6-10-3-1-2-4-14(10)23-15/h1-9,18H,19H2,(H,20,22). The number of fused-ring (bicyclic) bond motifs is 1. The number of benzene rings is 2. The van der Waals surface area contributed by atoms with Crippen LogP contribution in [0.15, 0.2) is 42.5 Å². The Balaban J connectivity index is 2.16. The number of hydrogen-bond acceptors (Lipinski definition) is 5. The van der Waals surface area contributed by atoms with E-state index >= 15 is 0 Å². The highest BCUT2D eigenvalue weighted by atomic mass is 32.1. The van der Waals surface area contributed by atoms with Crippen LogP contribution in [0, 0.1) is 5.41 Å². The second-order valence-electron chi connectivity index (χ2n) is 4.93. The molecule has 0 aliphatic rings. The van der Waals surface area contributed by atoms with Crippen LogP contribution < -0.4 is 11.1 Å². The fraction of sp³-hybridized carbons (Fsp3) is 0. The second-order valence-corrected chi connectivity index (χ2v) is 6.01. The fourth-order valence-corrected chi connectivity index (χ4v) is 3.45. The third-order valence-electron chi connectivity index (χ3n) is 3.43. The van der Waals surface area contributed by atoms with E-state index in [4.69, 9.17) is 11.1 Å². The van der Waals surface area contributed by atoms with Gasteiger partial charge in [0.1, 0.15) is 0 Å². The van der Waals surface area contributed by atoms with Crippen molar-refractivity contribution in [1.82, 2.24) is 0 Å². The Kier molecular flexibility index (Phi) is 3.91. The number of nitrogens with two attached hydrogens (primary N) is 1. The molecule has 0 aliphatic heterocycles. The van der Waals surface area contributed by atoms with Crippen LogP contribution in [0.4, 0.5) is 11.4 Å². The van der Waals surface area contributed by atoms with Crippen LogP contribution in [0.25, 0.3) is 20.5 Å². The Morgan fingerprint density at radius 3 is 2.70 bits per heavy atom. The van der Waals surface area contributed by atoms with Crippen LogP contribution in [-0.4, -0.2) is 18.4 Å². The second kappa shape index (κ2) is 6.02. The van der Waals surface area contributed by atoms with E-state index in [0.717, 1.165) is 26.7 Å². The maximum absolute atomic E-state index is 11.3. The summed E-state index contributed by atoms with van der Waals surface area (Å²) in [6.07, 6.45) is 1.34. The Morgan fingerprint density at radius 1 is 1.22 bits per heavy atom. The van der Waals surface area contributed by atoms with E-state index in [2.05, 4.69) is 5.32 Å². The highest BCUT2D eigenvalue weighted by Crippen LogP contribution is 2.38. The van der Waals surface area contributed by atoms with E-state index in [1.54, 1.807) is 23.5 Å². The van der Waals surface area contributed by atoms with Crippen molar-refractivity contribution in [1.29, 1.82) is 5.41 Å². The predicted molar refractivity (Wildman–Crippen MR) is 94.3 cm³/mol. The summed E-state index contributed by atoms with van der Waals surface area (Å²) in [4.78, 5) is 22.8. The van der Waals surface area contributed by atoms with Crippen molar-refractivity contribution in [3.05, 3.63) is 48.0 Å². The van der Waals surface area contributed by atoms with Crippen molar-refractivity contribution < 1.29 is 9.59 Å². The summed E-state index contributed by atoms with van der Waals surface area (Å²) in [7, 11) is 0. The van der Waals surface area contributed by atoms with Gasteiger partial charge in [-0.25, -0.2) is 0 Å². The summed E-state index contributed by atoms with van der Waals surface area (Å²) in [5, 5.41) is 11.1. The van der Waals surface area contributed by atoms with Gasteiger partial charge in [0.25, 0.3) is 5.91 Å². The molecule has 1 aromatic heterocycles. The summed E-state index contributed by atoms with van der Waals surface area (Å²) < 4.78 is 1.13. The minimum atomic E-state index is -0.743. The maximum Gasteiger partial charge on any atom is 0.288 e. The Morgan fingerprint density at radius 2 is 2.00 bits per heavy atom. The third-order valence-corrected chi connectivity index (χ3v) is 4.58. The smallest absolute Gasteiger partial charge is 0.288 e. The minimum absolute atomic E-state index is 0.208. The minimum Gasteiger partial charge on any atom is -0.398 e. The van der Waals surface area contributed by atoms with Crippen LogP contribution in [0.1, 0.15) is 5.56 Å². The molecule has 114 valence electrons. The molecule has 1 heterocycles. The number of carbonyl (C=O) groups excluding carboxylic acids is 2. The highest BCUT2D eigenvalue weighted by Gasteiger charge is 2.13. The Labute approximate surface area is 136 Å². The van der Waals surface area contributed by atoms with Gasteiger partial charge in [-0.3, -0.25) is 9.59 Å². The van der Waals surface area contributed by atoms with E-state index in [1.165, 1.54) is 0 Å². The third kappa shape index (κ3) is 2.84. The maximum atomic E-state index is 11.3. The molecule has 0 saturated heterocycles. The van der Waals surface area contributed by atoms with Crippen molar-refractivity contribution in [3.63, 3.8) is 0 Å². The molecule has 1 amide bonds. The van der Waals surface area contributed by atoms with Gasteiger partial charge in [-0.05, 0) is 29.7 Å². The largest absolute Gasteiger partial charge is 0.398 e. The molecule has 3 aromatic rings. The first-order valence-corrected chi connectivity index (χ1v) is 7.63. The van der Waals surface area contributed by atoms with E-state index in [9.17, 15) is 9.59 Å². The molecule has 4 N–H and O–H groups in total. The normalized spacial score (nSPS) is 10.4. The number of nitrogen functional groups attached to an aromatic ring is 1. The van der Waals surface area contributed by atoms with Gasteiger partial charge in [0, 0.05) is 38.3 Å². The molecule has 6 heteroatoms. The summed E-state index contributed by atoms with van der Waals surface area (Å²) in [5.74, 6) is -0.743. The zero-order valence-electron chi connectivity index (χ0n) is 12.0. The van der Waals surface area contributed by atoms with E-state index in [-0.39, 0.29) is 6.29 Å². The van der Waals surface area contributed by atoms with Crippen molar-refractivity contribution in [2.75, 3.05) is 11.1 Å². The van der Waals surface area contributed by atoms with Gasteiger partial charge < -0.3 is 16.5 Å². The molecule has 0 saturated carbocycles. The molecular formula is C17H13N3O2S. The molecule has 3 rings (SSSR count). The van der Waals surface area contributed by atoms with Crippen LogP contribution in [0.3, 0.4) is 0 Å². The van der Waals surface area contributed by atoms with Gasteiger partial charge in [-0.2, -0.15) is 0 Å². The van der Waals surface area contributed by atoms with Gasteiger partial charge in [-0.15, -0.1) is 11.3 Å². The predicted octanol–water partition coefficient (Wildman–Crippen LogP) is 3.29. The number of thiophene rings is 1. The van der Waals surface area contributed by atoms with E-state index in [0.29, 0.717) is 16.9 Å². The monoisotopic (exact) mass is 323 g/mol. The SMILES string of the molecule is N=Cc1cc(NC(=O)C=O)cc(-c2cc3ccccc3s2)c1N. The molecule has 0 spiro atoms. The van der Waals surface area contributed by atoms with Crippen molar-refractivity contribution in [2.24, 2.45) is 0 Å². The first-order valence-electron chi connectivity index (χ1n) is 6.81. The quantitative estimate of drug-likeness (QED) is 0.297. The Hall–Kier alpha value is -2.99. The highest BCUT2D eigenvalue weighted by molar-refractivity contribution is 7.22. The molecule has 0 atom stereocenters. The first kappa shape index (κ1) is 14.9. The number of rotatable bonds is 4. The Bertz CT molecular complexity index is 898. The topological polar surface area (TPSA) is 96.0 Å². The summed E-state index contributed by atoms with van der Waals surface area (Å²) >= 11 is 1.58. The van der Waals surface area contributed by atoms with Crippen molar-refractivity contribution >= 4 is 51.2 Å². The number of carbonyl (C=O) groups is 2. The lowest BCUT2D eigenvalue weighted by molar-refractivity contribution is -0.127. The lowest BCUT2D eigenvalue weighted by Gasteiger charge is -2.10. The zero-order chi connectivity index (χ0) is 16.4. The van der Waals surface area contributed by atoms with Crippen LogP contribution >= 0.6 is 11.3 Å². The van der Waals surface area contributed by atoms with Gasteiger partial charge in [-0.1, -0.05) is 18.2 Å². The lowest BCUT2D eigenvalue weighted by Crippen LogP contribution is -2.13. The van der Waals surface area contributed by atoms with Crippen molar-refractivity contribution in [3.8, 4) is 10.4 Å². The average Bonchev–Trinajstić information content (AvgIpc) is 2.99. The molecule has 0 aliphatic carbocycles. The van der Waals surface area contributed by atoms with Crippen LogP contribution in [0.2, 0.25) is 0 Å². The van der Waals surface area contributed by atoms with Gasteiger partial charge in [0.05, 0.1) is 0 Å². The molecule has 0 bridgehead atoms. The number of anilines is 2. The summed E-state index contributed by atoms with van der Waals surface area (Å²) in [5.41, 5.74) is 8.27. The fourth-order valence-electron chi connectivity index (χ4n) is 2.36. The molecule has 0 fully saturated rings. The summed E-state index contributed by atoms with van der Waals surface area (Å²) in [6.45, 7) is 0. The molecule has 23 heavy (non-hydrogen) atoms. The number of hydrogen-bond donors (Lipinski definition) is 3. The zero-order valence-corrected chi connectivity index (χ0v) is 12.8. The van der Waals surface area contributed by atoms with Gasteiger partial charge in [0.2, 0.25) is 6.29 Å². The van der Waals surface area contributed by atoms with E-state index < -0.39 is 5.91 Å². The molecule has 0 radical (unpaired) electrons.